The maximum absolute atomic E-state index is 12.7. The number of anilines is 1. The monoisotopic (exact) mass is 416 g/mol. The van der Waals surface area contributed by atoms with Crippen LogP contribution >= 0.6 is 0 Å². The van der Waals surface area contributed by atoms with Crippen molar-refractivity contribution in [1.29, 1.82) is 0 Å². The van der Waals surface area contributed by atoms with Crippen LogP contribution in [0.4, 0.5) is 5.95 Å². The van der Waals surface area contributed by atoms with Gasteiger partial charge >= 0.3 is 5.97 Å². The zero-order valence-corrected chi connectivity index (χ0v) is 18.0. The summed E-state index contributed by atoms with van der Waals surface area (Å²) in [6.07, 6.45) is 4.91. The molecule has 1 unspecified atom stereocenters. The van der Waals surface area contributed by atoms with Crippen LogP contribution in [-0.4, -0.2) is 90.1 Å². The van der Waals surface area contributed by atoms with Gasteiger partial charge in [0.15, 0.2) is 0 Å². The van der Waals surface area contributed by atoms with E-state index in [4.69, 9.17) is 9.72 Å². The van der Waals surface area contributed by atoms with Crippen molar-refractivity contribution < 1.29 is 14.3 Å². The Labute approximate surface area is 177 Å². The summed E-state index contributed by atoms with van der Waals surface area (Å²) in [5.41, 5.74) is 2.20. The van der Waals surface area contributed by atoms with Crippen LogP contribution in [0.5, 0.6) is 0 Å². The average molecular weight is 417 g/mol. The summed E-state index contributed by atoms with van der Waals surface area (Å²) < 4.78 is 5.04. The van der Waals surface area contributed by atoms with Gasteiger partial charge in [-0.3, -0.25) is 14.5 Å². The summed E-state index contributed by atoms with van der Waals surface area (Å²) in [7, 11) is 2.14. The molecule has 0 saturated carbocycles. The van der Waals surface area contributed by atoms with Gasteiger partial charge in [0.1, 0.15) is 6.54 Å². The minimum atomic E-state index is -0.336. The summed E-state index contributed by atoms with van der Waals surface area (Å²) in [5, 5.41) is 3.36. The quantitative estimate of drug-likeness (QED) is 0.696. The SMILES string of the molecule is CCOC(=O)CN1CCC2(CCC1=O)CN(c1ncc3c(n1)CCNC3)CCN2C. The summed E-state index contributed by atoms with van der Waals surface area (Å²) >= 11 is 0. The Kier molecular flexibility index (Phi) is 6.19. The number of carbonyl (C=O) groups excluding carboxylic acids is 2. The lowest BCUT2D eigenvalue weighted by atomic mass is 9.86. The van der Waals surface area contributed by atoms with Gasteiger partial charge in [-0.25, -0.2) is 9.97 Å². The van der Waals surface area contributed by atoms with Crippen molar-refractivity contribution in [3.8, 4) is 0 Å². The van der Waals surface area contributed by atoms with Gasteiger partial charge in [-0.2, -0.15) is 0 Å². The van der Waals surface area contributed by atoms with Crippen LogP contribution in [0.25, 0.3) is 0 Å². The van der Waals surface area contributed by atoms with Crippen LogP contribution in [0.1, 0.15) is 37.4 Å². The van der Waals surface area contributed by atoms with Crippen molar-refractivity contribution in [3.63, 3.8) is 0 Å². The molecule has 30 heavy (non-hydrogen) atoms. The molecule has 0 bridgehead atoms. The van der Waals surface area contributed by atoms with Crippen molar-refractivity contribution in [2.45, 2.75) is 44.7 Å². The number of fused-ring (bicyclic) bond motifs is 1. The molecule has 9 heteroatoms. The highest BCUT2D eigenvalue weighted by Crippen LogP contribution is 2.33. The first kappa shape index (κ1) is 21.0. The molecule has 1 atom stereocenters. The maximum Gasteiger partial charge on any atom is 0.325 e. The molecule has 2 fully saturated rings. The first-order chi connectivity index (χ1) is 14.5. The van der Waals surface area contributed by atoms with Gasteiger partial charge in [-0.05, 0) is 26.8 Å². The molecule has 9 nitrogen and oxygen atoms in total. The van der Waals surface area contributed by atoms with Crippen LogP contribution in [-0.2, 0) is 27.3 Å². The molecule has 164 valence electrons. The Morgan fingerprint density at radius 2 is 2.13 bits per heavy atom. The molecule has 1 aromatic rings. The zero-order valence-electron chi connectivity index (χ0n) is 18.0. The summed E-state index contributed by atoms with van der Waals surface area (Å²) in [5.74, 6) is 0.488. The number of carbonyl (C=O) groups is 2. The number of nitrogens with zero attached hydrogens (tertiary/aromatic N) is 5. The van der Waals surface area contributed by atoms with E-state index >= 15 is 0 Å². The second-order valence-electron chi connectivity index (χ2n) is 8.51. The predicted octanol–water partition coefficient (Wildman–Crippen LogP) is 0.189. The molecule has 3 aliphatic rings. The Balaban J connectivity index is 1.49. The molecule has 4 heterocycles. The first-order valence-electron chi connectivity index (χ1n) is 11.0. The fraction of sp³-hybridized carbons (Fsp3) is 0.714. The number of piperazine rings is 1. The second kappa shape index (κ2) is 8.85. The molecule has 2 saturated heterocycles. The second-order valence-corrected chi connectivity index (χ2v) is 8.51. The van der Waals surface area contributed by atoms with Crippen molar-refractivity contribution in [2.24, 2.45) is 0 Å². The highest BCUT2D eigenvalue weighted by Gasteiger charge is 2.43. The lowest BCUT2D eigenvalue weighted by Crippen LogP contribution is -2.61. The van der Waals surface area contributed by atoms with Gasteiger partial charge in [-0.1, -0.05) is 0 Å². The summed E-state index contributed by atoms with van der Waals surface area (Å²) in [4.78, 5) is 40.4. The smallest absolute Gasteiger partial charge is 0.325 e. The van der Waals surface area contributed by atoms with Crippen LogP contribution in [0.3, 0.4) is 0 Å². The Morgan fingerprint density at radius 3 is 2.97 bits per heavy atom. The number of amides is 1. The number of hydrogen-bond acceptors (Lipinski definition) is 8. The minimum absolute atomic E-state index is 0.0305. The third-order valence-electron chi connectivity index (χ3n) is 6.71. The fourth-order valence-corrected chi connectivity index (χ4v) is 4.77. The number of ether oxygens (including phenoxy) is 1. The number of likely N-dealkylation sites (N-methyl/N-ethyl adjacent to an activating group) is 1. The van der Waals surface area contributed by atoms with Crippen LogP contribution in [0.2, 0.25) is 0 Å². The van der Waals surface area contributed by atoms with E-state index in [1.54, 1.807) is 11.8 Å². The molecule has 1 aromatic heterocycles. The molecule has 0 aromatic carbocycles. The lowest BCUT2D eigenvalue weighted by molar-refractivity contribution is -0.148. The van der Waals surface area contributed by atoms with E-state index in [1.165, 1.54) is 5.56 Å². The fourth-order valence-electron chi connectivity index (χ4n) is 4.77. The number of aromatic nitrogens is 2. The zero-order chi connectivity index (χ0) is 21.1. The number of likely N-dealkylation sites (tertiary alicyclic amines) is 1. The largest absolute Gasteiger partial charge is 0.465 e. The number of esters is 1. The molecule has 3 aliphatic heterocycles. The van der Waals surface area contributed by atoms with E-state index in [0.717, 1.165) is 63.6 Å². The summed E-state index contributed by atoms with van der Waals surface area (Å²) in [6.45, 7) is 7.06. The highest BCUT2D eigenvalue weighted by molar-refractivity contribution is 5.82. The van der Waals surface area contributed by atoms with Crippen molar-refractivity contribution in [3.05, 3.63) is 17.5 Å². The molecule has 4 rings (SSSR count). The van der Waals surface area contributed by atoms with Crippen molar-refractivity contribution in [2.75, 3.05) is 57.8 Å². The highest BCUT2D eigenvalue weighted by atomic mass is 16.5. The van der Waals surface area contributed by atoms with Gasteiger partial charge in [0.25, 0.3) is 0 Å². The van der Waals surface area contributed by atoms with Crippen molar-refractivity contribution in [1.82, 2.24) is 25.1 Å². The molecular weight excluding hydrogens is 384 g/mol. The van der Waals surface area contributed by atoms with Gasteiger partial charge in [0.05, 0.1) is 12.3 Å². The molecular formula is C21H32N6O3. The van der Waals surface area contributed by atoms with Crippen LogP contribution in [0.15, 0.2) is 6.20 Å². The molecule has 1 spiro atoms. The van der Waals surface area contributed by atoms with Gasteiger partial charge in [-0.15, -0.1) is 0 Å². The maximum atomic E-state index is 12.7. The van der Waals surface area contributed by atoms with E-state index < -0.39 is 0 Å². The topological polar surface area (TPSA) is 90.9 Å². The van der Waals surface area contributed by atoms with Crippen LogP contribution in [0, 0.1) is 0 Å². The van der Waals surface area contributed by atoms with Gasteiger partial charge < -0.3 is 19.9 Å². The van der Waals surface area contributed by atoms with Gasteiger partial charge in [0.2, 0.25) is 11.9 Å². The van der Waals surface area contributed by atoms with E-state index in [0.29, 0.717) is 19.6 Å². The molecule has 0 radical (unpaired) electrons. The van der Waals surface area contributed by atoms with E-state index in [9.17, 15) is 9.59 Å². The van der Waals surface area contributed by atoms with E-state index in [1.807, 2.05) is 6.20 Å². The minimum Gasteiger partial charge on any atom is -0.465 e. The Morgan fingerprint density at radius 1 is 1.27 bits per heavy atom. The van der Waals surface area contributed by atoms with Gasteiger partial charge in [0, 0.05) is 69.4 Å². The predicted molar refractivity (Wildman–Crippen MR) is 112 cm³/mol. The van der Waals surface area contributed by atoms with E-state index in [-0.39, 0.29) is 24.0 Å². The molecule has 0 aliphatic carbocycles. The lowest BCUT2D eigenvalue weighted by Gasteiger charge is -2.49. The third kappa shape index (κ3) is 4.27. The summed E-state index contributed by atoms with van der Waals surface area (Å²) in [6, 6.07) is 0. The first-order valence-corrected chi connectivity index (χ1v) is 11.0. The Bertz CT molecular complexity index is 803. The third-order valence-corrected chi connectivity index (χ3v) is 6.71. The number of nitrogens with one attached hydrogen (secondary N) is 1. The normalized spacial score (nSPS) is 25.2. The average Bonchev–Trinajstić information content (AvgIpc) is 2.90. The van der Waals surface area contributed by atoms with E-state index in [2.05, 4.69) is 27.1 Å². The molecule has 1 amide bonds. The van der Waals surface area contributed by atoms with Crippen LogP contribution < -0.4 is 10.2 Å². The Hall–Kier alpha value is -2.26. The molecule has 1 N–H and O–H groups in total. The van der Waals surface area contributed by atoms with Crippen molar-refractivity contribution >= 4 is 17.8 Å². The number of hydrogen-bond donors (Lipinski definition) is 1. The standard InChI is InChI=1S/C21H32N6O3/c1-3-30-19(29)14-26-9-7-21(6-4-18(26)28)15-27(11-10-25(21)2)20-23-13-16-12-22-8-5-17(16)24-20/h13,22H,3-12,14-15H2,1-2H3. The number of rotatable bonds is 4.